The number of hydrogen-bond donors (Lipinski definition) is 0. The minimum atomic E-state index is -1.79. The van der Waals surface area contributed by atoms with E-state index in [1.54, 1.807) is 0 Å². The van der Waals surface area contributed by atoms with E-state index in [-0.39, 0.29) is 0 Å². The van der Waals surface area contributed by atoms with E-state index in [1.807, 2.05) is 0 Å². The molecule has 0 aliphatic rings. The molecule has 0 aliphatic heterocycles. The third-order valence-electron chi connectivity index (χ3n) is 2.99. The normalized spacial score (nSPS) is 22.8. The van der Waals surface area contributed by atoms with Crippen LogP contribution in [0.25, 0.3) is 0 Å². The Morgan fingerprint density at radius 2 is 1.08 bits per heavy atom. The van der Waals surface area contributed by atoms with Gasteiger partial charge in [0, 0.05) is 0 Å². The summed E-state index contributed by atoms with van der Waals surface area (Å²) in [6.45, 7) is 9.45. The first-order valence-corrected chi connectivity index (χ1v) is 9.20. The highest BCUT2D eigenvalue weighted by molar-refractivity contribution is 8.62. The Bertz CT molecular complexity index is 171. The summed E-state index contributed by atoms with van der Waals surface area (Å²) in [6, 6.07) is 0. The third-order valence-corrected chi connectivity index (χ3v) is 7.23. The van der Waals surface area contributed by atoms with Crippen LogP contribution in [0.5, 0.6) is 0 Å². The zero-order valence-corrected chi connectivity index (χ0v) is 11.3. The highest BCUT2D eigenvalue weighted by atomic mass is 32.4. The van der Waals surface area contributed by atoms with Crippen LogP contribution in [0.4, 0.5) is 0 Å². The van der Waals surface area contributed by atoms with Crippen LogP contribution >= 0.6 is 8.29 Å². The minimum Gasteiger partial charge on any atom is -0.283 e. The van der Waals surface area contributed by atoms with Crippen molar-refractivity contribution in [3.63, 3.8) is 0 Å². The molecule has 0 bridgehead atoms. The molecule has 0 amide bonds. The second kappa shape index (κ2) is 2.05. The summed E-state index contributed by atoms with van der Waals surface area (Å²) in [5.41, 5.74) is 0.420. The van der Waals surface area contributed by atoms with Gasteiger partial charge in [0.1, 0.15) is 0 Å². The van der Waals surface area contributed by atoms with Crippen LogP contribution in [0.1, 0.15) is 27.7 Å². The fourth-order valence-corrected chi connectivity index (χ4v) is 5.30. The van der Waals surface area contributed by atoms with Gasteiger partial charge in [-0.2, -0.15) is 0 Å². The van der Waals surface area contributed by atoms with Crippen LogP contribution in [0.3, 0.4) is 0 Å². The Labute approximate surface area is 78.4 Å². The first-order valence-electron chi connectivity index (χ1n) is 4.64. The van der Waals surface area contributed by atoms with E-state index in [0.29, 0.717) is 5.41 Å². The molecule has 78 valence electrons. The van der Waals surface area contributed by atoms with E-state index in [9.17, 15) is 0 Å². The summed E-state index contributed by atoms with van der Waals surface area (Å²) in [4.78, 5) is 0. The van der Waals surface area contributed by atoms with Crippen molar-refractivity contribution in [3.05, 3.63) is 0 Å². The van der Waals surface area contributed by atoms with E-state index >= 15 is 0 Å². The quantitative estimate of drug-likeness (QED) is 0.597. The van der Waals surface area contributed by atoms with Crippen molar-refractivity contribution in [1.29, 1.82) is 0 Å². The fraction of sp³-hybridized carbons (Fsp3) is 1.00. The van der Waals surface area contributed by atoms with Gasteiger partial charge in [0.2, 0.25) is 0 Å². The highest BCUT2D eigenvalue weighted by Gasteiger charge is 2.47. The molecular weight excluding hydrogens is 164 g/mol. The average Bonchev–Trinajstić information content (AvgIpc) is 1.54. The maximum atomic E-state index is 2.47. The Morgan fingerprint density at radius 3 is 1.08 bits per heavy atom. The zero-order valence-electron chi connectivity index (χ0n) is 10.5. The molecule has 0 aromatic rings. The van der Waals surface area contributed by atoms with E-state index in [1.165, 1.54) is 0 Å². The first kappa shape index (κ1) is 12.3. The summed E-state index contributed by atoms with van der Waals surface area (Å²) >= 11 is 0. The van der Waals surface area contributed by atoms with Crippen molar-refractivity contribution < 1.29 is 0 Å². The number of rotatable bonds is 1. The summed E-state index contributed by atoms with van der Waals surface area (Å²) in [7, 11) is -1.79. The maximum absolute atomic E-state index is 2.47. The molecule has 0 saturated carbocycles. The predicted molar refractivity (Wildman–Crippen MR) is 66.1 cm³/mol. The standard InChI is InChI=1S/C11H28S/c1-10(11(2,3)4)12(5,6,7,8)9/h10H,1-9H3. The monoisotopic (exact) mass is 192 g/mol. The molecule has 0 aromatic heterocycles. The Hall–Kier alpha value is 0.350. The lowest BCUT2D eigenvalue weighted by atomic mass is 9.93. The second-order valence-corrected chi connectivity index (χ2v) is 19.5. The van der Waals surface area contributed by atoms with Crippen LogP contribution in [-0.4, -0.2) is 36.5 Å². The second-order valence-electron chi connectivity index (χ2n) is 8.27. The summed E-state index contributed by atoms with van der Waals surface area (Å²) in [5, 5.41) is 0.775. The third kappa shape index (κ3) is 3.38. The van der Waals surface area contributed by atoms with Crippen LogP contribution < -0.4 is 0 Å². The minimum absolute atomic E-state index is 0.420. The van der Waals surface area contributed by atoms with Crippen molar-refractivity contribution in [2.75, 3.05) is 31.3 Å². The van der Waals surface area contributed by atoms with Gasteiger partial charge >= 0.3 is 0 Å². The molecule has 0 spiro atoms. The van der Waals surface area contributed by atoms with E-state index in [4.69, 9.17) is 0 Å². The van der Waals surface area contributed by atoms with Gasteiger partial charge in [-0.15, -0.1) is 0 Å². The van der Waals surface area contributed by atoms with Crippen molar-refractivity contribution in [2.24, 2.45) is 5.41 Å². The Kier molecular flexibility index (Phi) is 2.11. The van der Waals surface area contributed by atoms with Gasteiger partial charge in [-0.05, 0) is 41.9 Å². The molecule has 0 heterocycles. The molecule has 1 heteroatoms. The lowest BCUT2D eigenvalue weighted by Gasteiger charge is -2.73. The zero-order chi connectivity index (χ0) is 10.5. The van der Waals surface area contributed by atoms with Crippen molar-refractivity contribution in [2.45, 2.75) is 32.9 Å². The van der Waals surface area contributed by atoms with Gasteiger partial charge in [0.15, 0.2) is 0 Å². The van der Waals surface area contributed by atoms with Crippen molar-refractivity contribution >= 4 is 8.29 Å². The Morgan fingerprint density at radius 1 is 0.833 bits per heavy atom. The highest BCUT2D eigenvalue weighted by Crippen LogP contribution is 2.81. The van der Waals surface area contributed by atoms with E-state index < -0.39 is 8.29 Å². The summed E-state index contributed by atoms with van der Waals surface area (Å²) < 4.78 is 0. The van der Waals surface area contributed by atoms with Crippen LogP contribution in [0, 0.1) is 5.41 Å². The van der Waals surface area contributed by atoms with Gasteiger partial charge in [-0.3, -0.25) is 8.29 Å². The molecule has 0 saturated heterocycles. The summed E-state index contributed by atoms with van der Waals surface area (Å²) in [5.74, 6) is 0. The van der Waals surface area contributed by atoms with Gasteiger partial charge in [-0.25, -0.2) is 0 Å². The molecule has 0 N–H and O–H groups in total. The van der Waals surface area contributed by atoms with Gasteiger partial charge in [0.25, 0.3) is 0 Å². The molecule has 0 fully saturated rings. The topological polar surface area (TPSA) is 0 Å². The lowest BCUT2D eigenvalue weighted by Crippen LogP contribution is -2.46. The smallest absolute Gasteiger partial charge is 0.0208 e. The largest absolute Gasteiger partial charge is 0.283 e. The molecule has 0 rings (SSSR count). The first-order chi connectivity index (χ1) is 4.64. The average molecular weight is 192 g/mol. The molecule has 0 aliphatic carbocycles. The van der Waals surface area contributed by atoms with Crippen molar-refractivity contribution in [1.82, 2.24) is 0 Å². The molecule has 0 aromatic carbocycles. The van der Waals surface area contributed by atoms with Gasteiger partial charge < -0.3 is 0 Å². The SMILES string of the molecule is CC(C(C)(C)C)S(C)(C)(C)(C)C. The van der Waals surface area contributed by atoms with Crippen LogP contribution in [0.15, 0.2) is 0 Å². The Balaban J connectivity index is 5.11. The molecular formula is C11H28S. The van der Waals surface area contributed by atoms with Gasteiger partial charge in [-0.1, -0.05) is 27.7 Å². The fourth-order valence-electron chi connectivity index (χ4n) is 1.77. The molecule has 12 heavy (non-hydrogen) atoms. The molecule has 0 nitrogen and oxygen atoms in total. The molecule has 1 atom stereocenters. The van der Waals surface area contributed by atoms with Crippen LogP contribution in [0.2, 0.25) is 0 Å². The van der Waals surface area contributed by atoms with Crippen LogP contribution in [-0.2, 0) is 0 Å². The predicted octanol–water partition coefficient (Wildman–Crippen LogP) is 3.45. The van der Waals surface area contributed by atoms with E-state index in [2.05, 4.69) is 59.0 Å². The van der Waals surface area contributed by atoms with Gasteiger partial charge in [0.05, 0.1) is 0 Å². The van der Waals surface area contributed by atoms with E-state index in [0.717, 1.165) is 5.25 Å². The summed E-state index contributed by atoms with van der Waals surface area (Å²) in [6.07, 6.45) is 12.3. The molecule has 1 unspecified atom stereocenters. The van der Waals surface area contributed by atoms with Crippen molar-refractivity contribution in [3.8, 4) is 0 Å². The number of hydrogen-bond acceptors (Lipinski definition) is 0. The maximum Gasteiger partial charge on any atom is -0.0208 e. The lowest BCUT2D eigenvalue weighted by molar-refractivity contribution is 0.403. The molecule has 0 radical (unpaired) electrons.